The van der Waals surface area contributed by atoms with Crippen molar-refractivity contribution in [1.82, 2.24) is 0 Å². The predicted octanol–water partition coefficient (Wildman–Crippen LogP) is 1.05. The Labute approximate surface area is 107 Å². The standard InChI is InChI=1S/C12H9NO4S/c13-9-10(16)6-3-1-2-4-7(6)11(17)12(9)18-5-8(14)15/h1-4H,5,13H2,(H,14,15). The van der Waals surface area contributed by atoms with Crippen molar-refractivity contribution >= 4 is 29.3 Å². The maximum Gasteiger partial charge on any atom is 0.313 e. The average Bonchev–Trinajstić information content (AvgIpc) is 2.36. The highest BCUT2D eigenvalue weighted by Gasteiger charge is 2.30. The van der Waals surface area contributed by atoms with Gasteiger partial charge in [0.25, 0.3) is 0 Å². The number of aliphatic carboxylic acids is 1. The highest BCUT2D eigenvalue weighted by molar-refractivity contribution is 8.04. The summed E-state index contributed by atoms with van der Waals surface area (Å²) in [5, 5.41) is 8.60. The molecular formula is C12H9NO4S. The summed E-state index contributed by atoms with van der Waals surface area (Å²) in [5.74, 6) is -2.21. The van der Waals surface area contributed by atoms with Gasteiger partial charge in [0.2, 0.25) is 11.6 Å². The Bertz CT molecular complexity index is 591. The number of carbonyl (C=O) groups is 3. The van der Waals surface area contributed by atoms with Crippen LogP contribution in [0, 0.1) is 0 Å². The molecule has 0 atom stereocenters. The molecule has 2 rings (SSSR count). The topological polar surface area (TPSA) is 97.5 Å². The molecule has 18 heavy (non-hydrogen) atoms. The Morgan fingerprint density at radius 2 is 1.72 bits per heavy atom. The number of Topliss-reactive ketones (excluding diaryl/α,β-unsaturated/α-hetero) is 2. The minimum Gasteiger partial charge on any atom is -0.481 e. The number of fused-ring (bicyclic) bond motifs is 1. The number of thioether (sulfide) groups is 1. The van der Waals surface area contributed by atoms with Crippen LogP contribution in [0.5, 0.6) is 0 Å². The number of hydrogen-bond donors (Lipinski definition) is 2. The summed E-state index contributed by atoms with van der Waals surface area (Å²) in [6, 6.07) is 6.35. The maximum absolute atomic E-state index is 12.1. The van der Waals surface area contributed by atoms with E-state index in [1.54, 1.807) is 12.1 Å². The molecule has 5 nitrogen and oxygen atoms in total. The number of carboxylic acids is 1. The fourth-order valence-electron chi connectivity index (χ4n) is 1.65. The van der Waals surface area contributed by atoms with Crippen LogP contribution in [0.4, 0.5) is 0 Å². The van der Waals surface area contributed by atoms with Crippen LogP contribution < -0.4 is 5.73 Å². The number of nitrogens with two attached hydrogens (primary N) is 1. The number of carbonyl (C=O) groups excluding carboxylic acids is 2. The van der Waals surface area contributed by atoms with E-state index in [2.05, 4.69) is 0 Å². The SMILES string of the molecule is NC1=C(SCC(=O)O)C(=O)c2ccccc2C1=O. The Hall–Kier alpha value is -2.08. The molecular weight excluding hydrogens is 254 g/mol. The number of carboxylic acid groups (broad SMARTS) is 1. The second-order valence-corrected chi connectivity index (χ2v) is 4.61. The second-order valence-electron chi connectivity index (χ2n) is 3.63. The van der Waals surface area contributed by atoms with Crippen molar-refractivity contribution in [2.24, 2.45) is 5.73 Å². The summed E-state index contributed by atoms with van der Waals surface area (Å²) in [5.41, 5.74) is 5.97. The van der Waals surface area contributed by atoms with E-state index in [9.17, 15) is 14.4 Å². The second kappa shape index (κ2) is 4.66. The van der Waals surface area contributed by atoms with E-state index in [1.165, 1.54) is 12.1 Å². The van der Waals surface area contributed by atoms with Crippen molar-refractivity contribution in [2.75, 3.05) is 5.75 Å². The highest BCUT2D eigenvalue weighted by Crippen LogP contribution is 2.30. The smallest absolute Gasteiger partial charge is 0.313 e. The van der Waals surface area contributed by atoms with Crippen molar-refractivity contribution in [2.45, 2.75) is 0 Å². The lowest BCUT2D eigenvalue weighted by Crippen LogP contribution is -2.25. The van der Waals surface area contributed by atoms with Gasteiger partial charge in [0.15, 0.2) is 0 Å². The molecule has 0 saturated carbocycles. The van der Waals surface area contributed by atoms with Gasteiger partial charge in [0, 0.05) is 11.1 Å². The van der Waals surface area contributed by atoms with Crippen molar-refractivity contribution in [3.8, 4) is 0 Å². The molecule has 0 amide bonds. The molecule has 0 fully saturated rings. The fraction of sp³-hybridized carbons (Fsp3) is 0.0833. The maximum atomic E-state index is 12.1. The van der Waals surface area contributed by atoms with E-state index in [-0.39, 0.29) is 27.5 Å². The van der Waals surface area contributed by atoms with Gasteiger partial charge in [-0.3, -0.25) is 14.4 Å². The van der Waals surface area contributed by atoms with Gasteiger partial charge in [0.05, 0.1) is 16.4 Å². The van der Waals surface area contributed by atoms with E-state index in [0.717, 1.165) is 11.8 Å². The number of benzene rings is 1. The van der Waals surface area contributed by atoms with E-state index < -0.39 is 17.5 Å². The first-order chi connectivity index (χ1) is 8.52. The first-order valence-corrected chi connectivity index (χ1v) is 6.03. The largest absolute Gasteiger partial charge is 0.481 e. The zero-order valence-electron chi connectivity index (χ0n) is 9.17. The Kier molecular flexibility index (Phi) is 3.20. The van der Waals surface area contributed by atoms with Gasteiger partial charge in [0.1, 0.15) is 0 Å². The summed E-state index contributed by atoms with van der Waals surface area (Å²) in [4.78, 5) is 34.5. The van der Waals surface area contributed by atoms with Gasteiger partial charge < -0.3 is 10.8 Å². The molecule has 1 aromatic carbocycles. The zero-order valence-corrected chi connectivity index (χ0v) is 9.99. The highest BCUT2D eigenvalue weighted by atomic mass is 32.2. The monoisotopic (exact) mass is 263 g/mol. The van der Waals surface area contributed by atoms with Gasteiger partial charge in [-0.2, -0.15) is 0 Å². The number of allylic oxidation sites excluding steroid dienone is 2. The van der Waals surface area contributed by atoms with Gasteiger partial charge in [-0.25, -0.2) is 0 Å². The predicted molar refractivity (Wildman–Crippen MR) is 66.4 cm³/mol. The van der Waals surface area contributed by atoms with Crippen LogP contribution in [0.1, 0.15) is 20.7 Å². The van der Waals surface area contributed by atoms with Gasteiger partial charge in [-0.15, -0.1) is 11.8 Å². The van der Waals surface area contributed by atoms with Crippen LogP contribution in [-0.4, -0.2) is 28.4 Å². The Morgan fingerprint density at radius 3 is 2.28 bits per heavy atom. The van der Waals surface area contributed by atoms with Crippen molar-refractivity contribution in [1.29, 1.82) is 0 Å². The molecule has 1 aliphatic rings. The Balaban J connectivity index is 2.43. The molecule has 0 unspecified atom stereocenters. The quantitative estimate of drug-likeness (QED) is 0.846. The van der Waals surface area contributed by atoms with Crippen LogP contribution in [-0.2, 0) is 4.79 Å². The molecule has 1 aliphatic carbocycles. The van der Waals surface area contributed by atoms with Gasteiger partial charge in [-0.1, -0.05) is 24.3 Å². The molecule has 3 N–H and O–H groups in total. The summed E-state index contributed by atoms with van der Waals surface area (Å²) < 4.78 is 0. The lowest BCUT2D eigenvalue weighted by Gasteiger charge is -2.17. The molecule has 0 saturated heterocycles. The molecule has 6 heteroatoms. The summed E-state index contributed by atoms with van der Waals surface area (Å²) in [6.45, 7) is 0. The van der Waals surface area contributed by atoms with Crippen molar-refractivity contribution < 1.29 is 19.5 Å². The summed E-state index contributed by atoms with van der Waals surface area (Å²) >= 11 is 0.774. The molecule has 92 valence electrons. The third kappa shape index (κ3) is 2.02. The Morgan fingerprint density at radius 1 is 1.17 bits per heavy atom. The van der Waals surface area contributed by atoms with Crippen LogP contribution in [0.3, 0.4) is 0 Å². The normalized spacial score (nSPS) is 14.7. The summed E-state index contributed by atoms with van der Waals surface area (Å²) in [7, 11) is 0. The number of rotatable bonds is 3. The first kappa shape index (κ1) is 12.4. The number of hydrogen-bond acceptors (Lipinski definition) is 5. The molecule has 0 aliphatic heterocycles. The average molecular weight is 263 g/mol. The van der Waals surface area contributed by atoms with Crippen LogP contribution in [0.25, 0.3) is 0 Å². The minimum atomic E-state index is -1.07. The molecule has 0 spiro atoms. The lowest BCUT2D eigenvalue weighted by atomic mass is 9.93. The van der Waals surface area contributed by atoms with E-state index in [1.807, 2.05) is 0 Å². The third-order valence-corrected chi connectivity index (χ3v) is 3.54. The summed E-state index contributed by atoms with van der Waals surface area (Å²) in [6.07, 6.45) is 0. The van der Waals surface area contributed by atoms with Crippen molar-refractivity contribution in [3.63, 3.8) is 0 Å². The molecule has 0 aromatic heterocycles. The van der Waals surface area contributed by atoms with Crippen molar-refractivity contribution in [3.05, 3.63) is 46.0 Å². The molecule has 0 heterocycles. The fourth-order valence-corrected chi connectivity index (χ4v) is 2.41. The minimum absolute atomic E-state index is 0.0149. The zero-order chi connectivity index (χ0) is 13.3. The molecule has 0 radical (unpaired) electrons. The molecule has 0 bridgehead atoms. The van der Waals surface area contributed by atoms with Gasteiger partial charge in [-0.05, 0) is 0 Å². The molecule has 1 aromatic rings. The van der Waals surface area contributed by atoms with Crippen LogP contribution in [0.2, 0.25) is 0 Å². The van der Waals surface area contributed by atoms with Gasteiger partial charge >= 0.3 is 5.97 Å². The van der Waals surface area contributed by atoms with Crippen LogP contribution in [0.15, 0.2) is 34.9 Å². The van der Waals surface area contributed by atoms with E-state index >= 15 is 0 Å². The lowest BCUT2D eigenvalue weighted by molar-refractivity contribution is -0.133. The first-order valence-electron chi connectivity index (χ1n) is 5.05. The number of ketones is 2. The van der Waals surface area contributed by atoms with E-state index in [0.29, 0.717) is 0 Å². The third-order valence-electron chi connectivity index (χ3n) is 2.45. The van der Waals surface area contributed by atoms with E-state index in [4.69, 9.17) is 10.8 Å². The van der Waals surface area contributed by atoms with Crippen LogP contribution >= 0.6 is 11.8 Å².